The number of nitrogens with one attached hydrogen (secondary N) is 2. The molecule has 0 bridgehead atoms. The van der Waals surface area contributed by atoms with Crippen LogP contribution >= 0.6 is 0 Å². The molecule has 5 rings (SSSR count). The molecule has 3 aromatic rings. The summed E-state index contributed by atoms with van der Waals surface area (Å²) in [6.45, 7) is 4.03. The first kappa shape index (κ1) is 17.6. The highest BCUT2D eigenvalue weighted by atomic mass is 16.5. The third-order valence-electron chi connectivity index (χ3n) is 5.36. The van der Waals surface area contributed by atoms with E-state index in [-0.39, 0.29) is 5.91 Å². The highest BCUT2D eigenvalue weighted by Gasteiger charge is 2.18. The fourth-order valence-corrected chi connectivity index (χ4v) is 3.89. The number of hydrogen-bond acceptors (Lipinski definition) is 5. The van der Waals surface area contributed by atoms with Crippen molar-refractivity contribution < 1.29 is 9.32 Å². The molecule has 2 aliphatic heterocycles. The number of rotatable bonds is 3. The van der Waals surface area contributed by atoms with E-state index >= 15 is 0 Å². The Hall–Kier alpha value is -3.54. The SMILES string of the molecule is Cc1cc(-c2cccc(C3=CC(=O)Nc4cc(N5CCCC5)ccc4N3)c2)on1. The lowest BCUT2D eigenvalue weighted by molar-refractivity contribution is -0.111. The third kappa shape index (κ3) is 3.49. The molecular formula is C23H22N4O2. The molecule has 0 saturated carbocycles. The molecule has 2 aliphatic rings. The van der Waals surface area contributed by atoms with Crippen molar-refractivity contribution in [1.82, 2.24) is 5.16 Å². The molecule has 2 N–H and O–H groups in total. The van der Waals surface area contributed by atoms with Gasteiger partial charge in [0, 0.05) is 36.5 Å². The van der Waals surface area contributed by atoms with E-state index in [2.05, 4.69) is 32.8 Å². The van der Waals surface area contributed by atoms with Crippen LogP contribution in [0.1, 0.15) is 24.1 Å². The largest absolute Gasteiger partial charge is 0.371 e. The van der Waals surface area contributed by atoms with Gasteiger partial charge in [-0.15, -0.1) is 0 Å². The monoisotopic (exact) mass is 386 g/mol. The first-order valence-corrected chi connectivity index (χ1v) is 9.88. The van der Waals surface area contributed by atoms with Gasteiger partial charge in [-0.1, -0.05) is 23.4 Å². The maximum absolute atomic E-state index is 12.6. The van der Waals surface area contributed by atoms with Gasteiger partial charge < -0.3 is 20.1 Å². The Morgan fingerprint density at radius 1 is 0.966 bits per heavy atom. The minimum absolute atomic E-state index is 0.147. The van der Waals surface area contributed by atoms with Crippen molar-refractivity contribution in [3.8, 4) is 11.3 Å². The molecule has 6 heteroatoms. The predicted molar refractivity (Wildman–Crippen MR) is 115 cm³/mol. The molecule has 0 atom stereocenters. The lowest BCUT2D eigenvalue weighted by Gasteiger charge is -2.20. The number of carbonyl (C=O) groups excluding carboxylic acids is 1. The summed E-state index contributed by atoms with van der Waals surface area (Å²) in [4.78, 5) is 14.9. The second-order valence-electron chi connectivity index (χ2n) is 7.51. The lowest BCUT2D eigenvalue weighted by Crippen LogP contribution is -2.18. The van der Waals surface area contributed by atoms with Gasteiger partial charge in [-0.05, 0) is 49.6 Å². The zero-order valence-electron chi connectivity index (χ0n) is 16.2. The molecule has 0 radical (unpaired) electrons. The summed E-state index contributed by atoms with van der Waals surface area (Å²) in [5, 5.41) is 10.4. The van der Waals surface area contributed by atoms with Crippen LogP contribution in [0.3, 0.4) is 0 Å². The number of nitrogens with zero attached hydrogens (tertiary/aromatic N) is 2. The molecule has 1 aromatic heterocycles. The topological polar surface area (TPSA) is 70.4 Å². The Morgan fingerprint density at radius 2 is 1.79 bits per heavy atom. The number of carbonyl (C=O) groups is 1. The van der Waals surface area contributed by atoms with Crippen molar-refractivity contribution in [3.63, 3.8) is 0 Å². The summed E-state index contributed by atoms with van der Waals surface area (Å²) >= 11 is 0. The second-order valence-corrected chi connectivity index (χ2v) is 7.51. The summed E-state index contributed by atoms with van der Waals surface area (Å²) in [5.41, 5.74) is 6.23. The molecule has 146 valence electrons. The van der Waals surface area contributed by atoms with E-state index in [1.807, 2.05) is 43.3 Å². The Bertz CT molecular complexity index is 1110. The standard InChI is InChI=1S/C23H22N4O2/c1-15-11-22(29-26-15)17-6-4-5-16(12-17)20-14-23(28)25-21-13-18(7-8-19(21)24-20)27-9-2-3-10-27/h4-8,11-14,24H,2-3,9-10H2,1H3,(H,25,28). The van der Waals surface area contributed by atoms with Crippen molar-refractivity contribution in [2.45, 2.75) is 19.8 Å². The molecule has 2 aromatic carbocycles. The molecule has 3 heterocycles. The van der Waals surface area contributed by atoms with Crippen LogP contribution in [-0.2, 0) is 4.79 Å². The fourth-order valence-electron chi connectivity index (χ4n) is 3.89. The van der Waals surface area contributed by atoms with E-state index < -0.39 is 0 Å². The fraction of sp³-hybridized carbons (Fsp3) is 0.217. The quantitative estimate of drug-likeness (QED) is 0.685. The van der Waals surface area contributed by atoms with Crippen molar-refractivity contribution in [2.75, 3.05) is 28.6 Å². The van der Waals surface area contributed by atoms with Gasteiger partial charge in [0.15, 0.2) is 5.76 Å². The van der Waals surface area contributed by atoms with E-state index in [0.29, 0.717) is 5.76 Å². The molecule has 0 spiro atoms. The van der Waals surface area contributed by atoms with Crippen LogP contribution in [0.4, 0.5) is 17.1 Å². The number of hydrogen-bond donors (Lipinski definition) is 2. The Labute approximate surface area is 169 Å². The molecule has 1 amide bonds. The zero-order chi connectivity index (χ0) is 19.8. The van der Waals surface area contributed by atoms with Gasteiger partial charge in [-0.25, -0.2) is 0 Å². The Balaban J connectivity index is 1.47. The van der Waals surface area contributed by atoms with Crippen LogP contribution in [-0.4, -0.2) is 24.2 Å². The van der Waals surface area contributed by atoms with Crippen LogP contribution in [0.2, 0.25) is 0 Å². The van der Waals surface area contributed by atoms with Crippen LogP contribution in [0.15, 0.2) is 59.1 Å². The van der Waals surface area contributed by atoms with E-state index in [9.17, 15) is 4.79 Å². The van der Waals surface area contributed by atoms with E-state index in [1.165, 1.54) is 12.8 Å². The minimum Gasteiger partial charge on any atom is -0.371 e. The normalized spacial score (nSPS) is 16.0. The van der Waals surface area contributed by atoms with Crippen molar-refractivity contribution in [3.05, 3.63) is 65.9 Å². The highest BCUT2D eigenvalue weighted by Crippen LogP contribution is 2.34. The summed E-state index contributed by atoms with van der Waals surface area (Å²) in [6.07, 6.45) is 4.03. The summed E-state index contributed by atoms with van der Waals surface area (Å²) in [6, 6.07) is 16.0. The summed E-state index contributed by atoms with van der Waals surface area (Å²) in [7, 11) is 0. The van der Waals surface area contributed by atoms with Gasteiger partial charge >= 0.3 is 0 Å². The minimum atomic E-state index is -0.147. The average molecular weight is 386 g/mol. The number of anilines is 3. The first-order chi connectivity index (χ1) is 14.2. The van der Waals surface area contributed by atoms with Gasteiger partial charge in [-0.3, -0.25) is 4.79 Å². The number of aromatic nitrogens is 1. The molecule has 29 heavy (non-hydrogen) atoms. The summed E-state index contributed by atoms with van der Waals surface area (Å²) < 4.78 is 5.38. The van der Waals surface area contributed by atoms with Crippen LogP contribution in [0.25, 0.3) is 17.0 Å². The Kier molecular flexibility index (Phi) is 4.31. The molecular weight excluding hydrogens is 364 g/mol. The van der Waals surface area contributed by atoms with Gasteiger partial charge in [0.1, 0.15) is 0 Å². The third-order valence-corrected chi connectivity index (χ3v) is 5.36. The van der Waals surface area contributed by atoms with Gasteiger partial charge in [-0.2, -0.15) is 0 Å². The second kappa shape index (κ2) is 7.13. The smallest absolute Gasteiger partial charge is 0.250 e. The maximum Gasteiger partial charge on any atom is 0.250 e. The highest BCUT2D eigenvalue weighted by molar-refractivity contribution is 6.10. The van der Waals surface area contributed by atoms with Crippen molar-refractivity contribution in [1.29, 1.82) is 0 Å². The van der Waals surface area contributed by atoms with E-state index in [0.717, 1.165) is 52.7 Å². The maximum atomic E-state index is 12.6. The molecule has 1 saturated heterocycles. The van der Waals surface area contributed by atoms with E-state index in [1.54, 1.807) is 6.08 Å². The van der Waals surface area contributed by atoms with Crippen LogP contribution in [0.5, 0.6) is 0 Å². The molecule has 6 nitrogen and oxygen atoms in total. The molecule has 1 fully saturated rings. The van der Waals surface area contributed by atoms with Gasteiger partial charge in [0.05, 0.1) is 22.8 Å². The lowest BCUT2D eigenvalue weighted by atomic mass is 10.1. The number of amides is 1. The number of fused-ring (bicyclic) bond motifs is 1. The molecule has 0 unspecified atom stereocenters. The van der Waals surface area contributed by atoms with Crippen LogP contribution < -0.4 is 15.5 Å². The number of aryl methyl sites for hydroxylation is 1. The predicted octanol–water partition coefficient (Wildman–Crippen LogP) is 4.66. The average Bonchev–Trinajstić information content (AvgIpc) is 3.37. The van der Waals surface area contributed by atoms with Gasteiger partial charge in [0.2, 0.25) is 0 Å². The van der Waals surface area contributed by atoms with Crippen molar-refractivity contribution in [2.24, 2.45) is 0 Å². The van der Waals surface area contributed by atoms with Gasteiger partial charge in [0.25, 0.3) is 5.91 Å². The van der Waals surface area contributed by atoms with Crippen molar-refractivity contribution >= 4 is 28.7 Å². The zero-order valence-corrected chi connectivity index (χ0v) is 16.2. The Morgan fingerprint density at radius 3 is 2.59 bits per heavy atom. The van der Waals surface area contributed by atoms with Crippen LogP contribution in [0, 0.1) is 6.92 Å². The molecule has 0 aliphatic carbocycles. The number of benzene rings is 2. The first-order valence-electron chi connectivity index (χ1n) is 9.88. The summed E-state index contributed by atoms with van der Waals surface area (Å²) in [5.74, 6) is 0.560. The van der Waals surface area contributed by atoms with E-state index in [4.69, 9.17) is 4.52 Å².